The maximum atomic E-state index is 12.6. The van der Waals surface area contributed by atoms with Gasteiger partial charge in [0, 0.05) is 50.6 Å². The smallest absolute Gasteiger partial charge is 0.356 e. The number of nitrogens with zero attached hydrogens (tertiary/aromatic N) is 3. The summed E-state index contributed by atoms with van der Waals surface area (Å²) in [6.45, 7) is 1.71. The lowest BCUT2D eigenvalue weighted by Gasteiger charge is -2.16. The number of carbonyl (C=O) groups excluding carboxylic acids is 1. The highest BCUT2D eigenvalue weighted by Gasteiger charge is 2.33. The van der Waals surface area contributed by atoms with Crippen LogP contribution in [0.1, 0.15) is 29.1 Å². The number of rotatable bonds is 6. The van der Waals surface area contributed by atoms with Gasteiger partial charge in [-0.1, -0.05) is 12.1 Å². The van der Waals surface area contributed by atoms with E-state index in [1.165, 1.54) is 0 Å². The number of aliphatic imine (C=N–C) groups is 1. The van der Waals surface area contributed by atoms with E-state index in [9.17, 15) is 18.0 Å². The molecule has 2 N–H and O–H groups in total. The van der Waals surface area contributed by atoms with Crippen molar-refractivity contribution in [3.05, 3.63) is 45.9 Å². The van der Waals surface area contributed by atoms with Gasteiger partial charge in [-0.2, -0.15) is 13.2 Å². The molecular weight excluding hydrogens is 403 g/mol. The number of halogens is 3. The van der Waals surface area contributed by atoms with Crippen LogP contribution in [0.5, 0.6) is 0 Å². The molecule has 0 saturated carbocycles. The molecule has 6 nitrogen and oxygen atoms in total. The van der Waals surface area contributed by atoms with E-state index in [2.05, 4.69) is 20.6 Å². The fourth-order valence-corrected chi connectivity index (χ4v) is 3.77. The number of amides is 1. The van der Waals surface area contributed by atoms with Crippen molar-refractivity contribution >= 4 is 28.9 Å². The fraction of sp³-hybridized carbons (Fsp3) is 0.421. The van der Waals surface area contributed by atoms with Crippen LogP contribution in [-0.4, -0.2) is 37.0 Å². The van der Waals surface area contributed by atoms with Gasteiger partial charge in [0.05, 0.1) is 5.01 Å². The minimum atomic E-state index is -4.41. The van der Waals surface area contributed by atoms with Gasteiger partial charge in [-0.3, -0.25) is 9.79 Å². The molecule has 2 heterocycles. The third kappa shape index (κ3) is 5.69. The van der Waals surface area contributed by atoms with Gasteiger partial charge in [0.2, 0.25) is 5.91 Å². The van der Waals surface area contributed by atoms with Crippen molar-refractivity contribution in [2.75, 3.05) is 25.0 Å². The minimum absolute atomic E-state index is 0.156. The van der Waals surface area contributed by atoms with E-state index in [4.69, 9.17) is 0 Å². The number of anilines is 1. The largest absolute Gasteiger partial charge is 0.434 e. The van der Waals surface area contributed by atoms with Gasteiger partial charge in [-0.05, 0) is 24.1 Å². The molecule has 0 radical (unpaired) electrons. The van der Waals surface area contributed by atoms with Gasteiger partial charge in [0.1, 0.15) is 0 Å². The lowest BCUT2D eigenvalue weighted by atomic mass is 10.2. The van der Waals surface area contributed by atoms with Crippen molar-refractivity contribution in [1.82, 2.24) is 15.6 Å². The van der Waals surface area contributed by atoms with E-state index < -0.39 is 11.9 Å². The first kappa shape index (κ1) is 21.1. The van der Waals surface area contributed by atoms with E-state index in [0.717, 1.165) is 40.9 Å². The second kappa shape index (κ2) is 9.25. The van der Waals surface area contributed by atoms with Crippen molar-refractivity contribution in [1.29, 1.82) is 0 Å². The number of carbonyl (C=O) groups is 1. The number of alkyl halides is 3. The van der Waals surface area contributed by atoms with Crippen LogP contribution in [0.4, 0.5) is 18.9 Å². The summed E-state index contributed by atoms with van der Waals surface area (Å²) in [6, 6.07) is 7.76. The number of benzene rings is 1. The monoisotopic (exact) mass is 425 g/mol. The predicted molar refractivity (Wildman–Crippen MR) is 107 cm³/mol. The highest BCUT2D eigenvalue weighted by atomic mass is 32.1. The number of aromatic nitrogens is 1. The lowest BCUT2D eigenvalue weighted by molar-refractivity contribution is -0.140. The molecule has 1 aromatic heterocycles. The molecule has 2 aromatic rings. The molecule has 0 bridgehead atoms. The zero-order chi connectivity index (χ0) is 20.9. The van der Waals surface area contributed by atoms with Crippen molar-refractivity contribution in [3.8, 4) is 0 Å². The molecule has 1 saturated heterocycles. The molecule has 1 aliphatic heterocycles. The SMILES string of the molecule is CN=C(NCCc1nc(C(F)(F)F)cs1)NCc1ccc(N2CCCC2=O)cc1. The Morgan fingerprint density at radius 2 is 2.03 bits per heavy atom. The van der Waals surface area contributed by atoms with Crippen LogP contribution in [0.15, 0.2) is 34.6 Å². The zero-order valence-electron chi connectivity index (χ0n) is 15.9. The topological polar surface area (TPSA) is 69.6 Å². The highest BCUT2D eigenvalue weighted by molar-refractivity contribution is 7.09. The second-order valence-electron chi connectivity index (χ2n) is 6.54. The molecule has 3 rings (SSSR count). The van der Waals surface area contributed by atoms with Crippen LogP contribution in [0, 0.1) is 0 Å². The molecule has 0 atom stereocenters. The Labute approximate surface area is 170 Å². The van der Waals surface area contributed by atoms with Gasteiger partial charge < -0.3 is 15.5 Å². The zero-order valence-corrected chi connectivity index (χ0v) is 16.7. The van der Waals surface area contributed by atoms with Crippen LogP contribution in [0.25, 0.3) is 0 Å². The third-order valence-electron chi connectivity index (χ3n) is 4.48. The molecule has 1 amide bonds. The molecule has 0 spiro atoms. The van der Waals surface area contributed by atoms with Gasteiger partial charge in [-0.15, -0.1) is 11.3 Å². The number of nitrogens with one attached hydrogen (secondary N) is 2. The first-order valence-corrected chi connectivity index (χ1v) is 10.1. The van der Waals surface area contributed by atoms with Crippen molar-refractivity contribution < 1.29 is 18.0 Å². The molecule has 1 fully saturated rings. The Balaban J connectivity index is 1.44. The summed E-state index contributed by atoms with van der Waals surface area (Å²) in [5, 5.41) is 7.68. The average molecular weight is 425 g/mol. The van der Waals surface area contributed by atoms with Gasteiger partial charge in [-0.25, -0.2) is 4.98 Å². The normalized spacial score (nSPS) is 15.1. The summed E-state index contributed by atoms with van der Waals surface area (Å²) < 4.78 is 37.7. The molecule has 1 aromatic carbocycles. The van der Waals surface area contributed by atoms with Crippen LogP contribution in [0.3, 0.4) is 0 Å². The summed E-state index contributed by atoms with van der Waals surface area (Å²) in [7, 11) is 1.63. The highest BCUT2D eigenvalue weighted by Crippen LogP contribution is 2.30. The fourth-order valence-electron chi connectivity index (χ4n) is 2.97. The maximum Gasteiger partial charge on any atom is 0.434 e. The molecule has 0 unspecified atom stereocenters. The maximum absolute atomic E-state index is 12.6. The predicted octanol–water partition coefficient (Wildman–Crippen LogP) is 3.20. The van der Waals surface area contributed by atoms with E-state index in [1.54, 1.807) is 11.9 Å². The summed E-state index contributed by atoms with van der Waals surface area (Å²) in [5.41, 5.74) is 1.08. The van der Waals surface area contributed by atoms with Gasteiger partial charge in [0.15, 0.2) is 11.7 Å². The van der Waals surface area contributed by atoms with Crippen molar-refractivity contribution in [2.24, 2.45) is 4.99 Å². The van der Waals surface area contributed by atoms with Crippen LogP contribution < -0.4 is 15.5 Å². The first-order valence-electron chi connectivity index (χ1n) is 9.22. The quantitative estimate of drug-likeness (QED) is 0.551. The minimum Gasteiger partial charge on any atom is -0.356 e. The molecule has 1 aliphatic rings. The molecular formula is C19H22F3N5OS. The third-order valence-corrected chi connectivity index (χ3v) is 5.39. The van der Waals surface area contributed by atoms with E-state index in [0.29, 0.717) is 36.9 Å². The molecule has 29 heavy (non-hydrogen) atoms. The van der Waals surface area contributed by atoms with Crippen LogP contribution in [0.2, 0.25) is 0 Å². The van der Waals surface area contributed by atoms with E-state index >= 15 is 0 Å². The van der Waals surface area contributed by atoms with Crippen molar-refractivity contribution in [3.63, 3.8) is 0 Å². The van der Waals surface area contributed by atoms with E-state index in [-0.39, 0.29) is 5.91 Å². The number of hydrogen-bond acceptors (Lipinski definition) is 4. The Hall–Kier alpha value is -2.62. The Kier molecular flexibility index (Phi) is 6.73. The second-order valence-corrected chi connectivity index (χ2v) is 7.48. The molecule has 10 heteroatoms. The van der Waals surface area contributed by atoms with E-state index in [1.807, 2.05) is 24.3 Å². The Morgan fingerprint density at radius 1 is 1.28 bits per heavy atom. The lowest BCUT2D eigenvalue weighted by Crippen LogP contribution is -2.37. The first-order chi connectivity index (χ1) is 13.9. The molecule has 156 valence electrons. The Morgan fingerprint density at radius 3 is 2.62 bits per heavy atom. The summed E-state index contributed by atoms with van der Waals surface area (Å²) >= 11 is 0.998. The standard InChI is InChI=1S/C19H22F3N5OS/c1-23-18(24-9-8-16-26-15(12-29-16)19(20,21)22)25-11-13-4-6-14(7-5-13)27-10-2-3-17(27)28/h4-7,12H,2-3,8-11H2,1H3,(H2,23,24,25). The van der Waals surface area contributed by atoms with Crippen LogP contribution in [-0.2, 0) is 23.9 Å². The average Bonchev–Trinajstić information content (AvgIpc) is 3.34. The number of guanidine groups is 1. The van der Waals surface area contributed by atoms with Crippen LogP contribution >= 0.6 is 11.3 Å². The van der Waals surface area contributed by atoms with Crippen molar-refractivity contribution in [2.45, 2.75) is 32.0 Å². The van der Waals surface area contributed by atoms with Gasteiger partial charge in [0.25, 0.3) is 0 Å². The summed E-state index contributed by atoms with van der Waals surface area (Å²) in [5.74, 6) is 0.708. The number of thiazole rings is 1. The summed E-state index contributed by atoms with van der Waals surface area (Å²) in [4.78, 5) is 21.3. The number of hydrogen-bond donors (Lipinski definition) is 2. The molecule has 0 aliphatic carbocycles. The summed E-state index contributed by atoms with van der Waals surface area (Å²) in [6.07, 6.45) is -2.54. The Bertz CT molecular complexity index is 863. The van der Waals surface area contributed by atoms with Gasteiger partial charge >= 0.3 is 6.18 Å².